The molecule has 0 fully saturated rings. The molecule has 1 rings (SSSR count). The fraction of sp³-hybridized carbons (Fsp3) is 0.400. The van der Waals surface area contributed by atoms with Gasteiger partial charge >= 0.3 is 0 Å². The summed E-state index contributed by atoms with van der Waals surface area (Å²) in [5.41, 5.74) is 1.94. The number of methoxy groups -OCH3 is 1. The molecule has 0 saturated heterocycles. The summed E-state index contributed by atoms with van der Waals surface area (Å²) in [5.74, 6) is 1.81. The first-order valence-corrected chi connectivity index (χ1v) is 5.96. The van der Waals surface area contributed by atoms with E-state index < -0.39 is 0 Å². The Morgan fingerprint density at radius 3 is 2.67 bits per heavy atom. The molecule has 3 heteroatoms. The van der Waals surface area contributed by atoms with E-state index in [0.29, 0.717) is 6.61 Å². The van der Waals surface area contributed by atoms with Gasteiger partial charge in [0.2, 0.25) is 0 Å². The van der Waals surface area contributed by atoms with E-state index in [-0.39, 0.29) is 0 Å². The van der Waals surface area contributed by atoms with Gasteiger partial charge < -0.3 is 9.47 Å². The first-order chi connectivity index (χ1) is 8.65. The zero-order chi connectivity index (χ0) is 13.4. The van der Waals surface area contributed by atoms with Crippen LogP contribution >= 0.6 is 0 Å². The maximum Gasteiger partial charge on any atom is 0.109 e. The Bertz CT molecular complexity index is 448. The minimum atomic E-state index is 0.565. The second kappa shape index (κ2) is 7.39. The van der Waals surface area contributed by atoms with Gasteiger partial charge in [-0.1, -0.05) is 6.08 Å². The van der Waals surface area contributed by atoms with Crippen molar-refractivity contribution in [3.63, 3.8) is 0 Å². The molecule has 0 aromatic carbocycles. The predicted molar refractivity (Wildman–Crippen MR) is 71.5 cm³/mol. The normalized spacial score (nSPS) is 16.6. The summed E-state index contributed by atoms with van der Waals surface area (Å²) in [4.78, 5) is 0. The summed E-state index contributed by atoms with van der Waals surface area (Å²) in [7, 11) is 1.65. The van der Waals surface area contributed by atoms with Crippen molar-refractivity contribution in [3.05, 3.63) is 47.0 Å². The molecule has 0 N–H and O–H groups in total. The molecule has 0 heterocycles. The summed E-state index contributed by atoms with van der Waals surface area (Å²) in [6.07, 6.45) is 9.19. The van der Waals surface area contributed by atoms with Crippen LogP contribution in [0.3, 0.4) is 0 Å². The fourth-order valence-electron chi connectivity index (χ4n) is 1.41. The zero-order valence-corrected chi connectivity index (χ0v) is 11.2. The first kappa shape index (κ1) is 14.1. The van der Waals surface area contributed by atoms with Crippen LogP contribution in [0.2, 0.25) is 0 Å². The molecular formula is C15H19NO2. The van der Waals surface area contributed by atoms with E-state index in [9.17, 15) is 0 Å². The highest BCUT2D eigenvalue weighted by Crippen LogP contribution is 2.19. The molecule has 0 saturated carbocycles. The Morgan fingerprint density at radius 1 is 1.33 bits per heavy atom. The van der Waals surface area contributed by atoms with E-state index in [4.69, 9.17) is 14.7 Å². The van der Waals surface area contributed by atoms with Gasteiger partial charge in [0.15, 0.2) is 0 Å². The lowest BCUT2D eigenvalue weighted by Gasteiger charge is -2.13. The van der Waals surface area contributed by atoms with Gasteiger partial charge in [-0.3, -0.25) is 0 Å². The number of ether oxygens (including phenoxy) is 2. The van der Waals surface area contributed by atoms with E-state index in [0.717, 1.165) is 35.5 Å². The van der Waals surface area contributed by atoms with Crippen LogP contribution in [0.15, 0.2) is 47.0 Å². The number of nitrogens with zero attached hydrogens (tertiary/aromatic N) is 1. The van der Waals surface area contributed by atoms with Crippen molar-refractivity contribution >= 4 is 0 Å². The van der Waals surface area contributed by atoms with Crippen LogP contribution in [0.4, 0.5) is 0 Å². The lowest BCUT2D eigenvalue weighted by Crippen LogP contribution is -2.00. The highest BCUT2D eigenvalue weighted by atomic mass is 16.5. The number of nitriles is 1. The molecule has 0 aromatic rings. The maximum atomic E-state index is 8.72. The standard InChI is InChI=1S/C15H19NO2/c1-12(4-5-13(2)17-3)11-18-15-8-6-14(10-16)7-9-15/h4-6,8H,7,9,11H2,1-3H3/b12-4+,13-5+. The predicted octanol–water partition coefficient (Wildman–Crippen LogP) is 3.63. The molecule has 0 amide bonds. The largest absolute Gasteiger partial charge is 0.501 e. The van der Waals surface area contributed by atoms with Crippen LogP contribution in [0.1, 0.15) is 26.7 Å². The quantitative estimate of drug-likeness (QED) is 0.548. The van der Waals surface area contributed by atoms with Gasteiger partial charge in [0, 0.05) is 12.0 Å². The summed E-state index contributed by atoms with van der Waals surface area (Å²) >= 11 is 0. The van der Waals surface area contributed by atoms with Crippen LogP contribution in [-0.4, -0.2) is 13.7 Å². The zero-order valence-electron chi connectivity index (χ0n) is 11.2. The number of hydrogen-bond acceptors (Lipinski definition) is 3. The van der Waals surface area contributed by atoms with E-state index in [2.05, 4.69) is 6.07 Å². The lowest BCUT2D eigenvalue weighted by molar-refractivity contribution is 0.227. The average Bonchev–Trinajstić information content (AvgIpc) is 2.42. The van der Waals surface area contributed by atoms with E-state index in [1.807, 2.05) is 38.2 Å². The Balaban J connectivity index is 2.45. The molecule has 96 valence electrons. The van der Waals surface area contributed by atoms with Crippen molar-refractivity contribution in [1.82, 2.24) is 0 Å². The van der Waals surface area contributed by atoms with E-state index >= 15 is 0 Å². The van der Waals surface area contributed by atoms with Crippen molar-refractivity contribution in [2.24, 2.45) is 0 Å². The van der Waals surface area contributed by atoms with Gasteiger partial charge in [-0.25, -0.2) is 0 Å². The fourth-order valence-corrected chi connectivity index (χ4v) is 1.41. The van der Waals surface area contributed by atoms with Gasteiger partial charge in [0.25, 0.3) is 0 Å². The van der Waals surface area contributed by atoms with Gasteiger partial charge in [-0.2, -0.15) is 5.26 Å². The smallest absolute Gasteiger partial charge is 0.109 e. The van der Waals surface area contributed by atoms with Gasteiger partial charge in [-0.05, 0) is 44.1 Å². The summed E-state index contributed by atoms with van der Waals surface area (Å²) in [6.45, 7) is 4.48. The molecule has 0 unspecified atom stereocenters. The topological polar surface area (TPSA) is 42.2 Å². The highest BCUT2D eigenvalue weighted by Gasteiger charge is 2.06. The maximum absolute atomic E-state index is 8.72. The van der Waals surface area contributed by atoms with E-state index in [1.165, 1.54) is 0 Å². The third-order valence-electron chi connectivity index (χ3n) is 2.66. The third kappa shape index (κ3) is 4.92. The summed E-state index contributed by atoms with van der Waals surface area (Å²) in [6, 6.07) is 2.16. The van der Waals surface area contributed by atoms with Crippen LogP contribution in [0.25, 0.3) is 0 Å². The Morgan fingerprint density at radius 2 is 2.11 bits per heavy atom. The molecule has 0 aliphatic heterocycles. The number of rotatable bonds is 5. The van der Waals surface area contributed by atoms with Crippen molar-refractivity contribution in [1.29, 1.82) is 5.26 Å². The molecular weight excluding hydrogens is 226 g/mol. The summed E-state index contributed by atoms with van der Waals surface area (Å²) in [5, 5.41) is 8.72. The molecule has 0 bridgehead atoms. The molecule has 0 radical (unpaired) electrons. The minimum absolute atomic E-state index is 0.565. The SMILES string of the molecule is CO/C(C)=C/C=C(\C)COC1=CC=C(C#N)CC1. The lowest BCUT2D eigenvalue weighted by atomic mass is 10.1. The monoisotopic (exact) mass is 245 g/mol. The van der Waals surface area contributed by atoms with Gasteiger partial charge in [0.05, 0.1) is 24.7 Å². The van der Waals surface area contributed by atoms with Crippen molar-refractivity contribution < 1.29 is 9.47 Å². The number of allylic oxidation sites excluding steroid dienone is 7. The first-order valence-electron chi connectivity index (χ1n) is 5.96. The Hall–Kier alpha value is -1.95. The molecule has 0 spiro atoms. The van der Waals surface area contributed by atoms with Gasteiger partial charge in [0.1, 0.15) is 6.61 Å². The summed E-state index contributed by atoms with van der Waals surface area (Å²) < 4.78 is 10.7. The Labute approximate surface area is 109 Å². The van der Waals surface area contributed by atoms with Crippen molar-refractivity contribution in [2.75, 3.05) is 13.7 Å². The van der Waals surface area contributed by atoms with E-state index in [1.54, 1.807) is 7.11 Å². The second-order valence-corrected chi connectivity index (χ2v) is 4.22. The second-order valence-electron chi connectivity index (χ2n) is 4.22. The van der Waals surface area contributed by atoms with Crippen LogP contribution in [-0.2, 0) is 9.47 Å². The molecule has 18 heavy (non-hydrogen) atoms. The highest BCUT2D eigenvalue weighted by molar-refractivity contribution is 5.30. The third-order valence-corrected chi connectivity index (χ3v) is 2.66. The molecule has 0 aromatic heterocycles. The van der Waals surface area contributed by atoms with Gasteiger partial charge in [-0.15, -0.1) is 0 Å². The average molecular weight is 245 g/mol. The van der Waals surface area contributed by atoms with Crippen molar-refractivity contribution in [2.45, 2.75) is 26.7 Å². The molecule has 1 aliphatic carbocycles. The van der Waals surface area contributed by atoms with Crippen LogP contribution in [0, 0.1) is 11.3 Å². The number of hydrogen-bond donors (Lipinski definition) is 0. The molecule has 0 atom stereocenters. The Kier molecular flexibility index (Phi) is 5.79. The molecule has 3 nitrogen and oxygen atoms in total. The van der Waals surface area contributed by atoms with Crippen LogP contribution in [0.5, 0.6) is 0 Å². The van der Waals surface area contributed by atoms with Crippen LogP contribution < -0.4 is 0 Å². The molecule has 1 aliphatic rings. The van der Waals surface area contributed by atoms with Crippen molar-refractivity contribution in [3.8, 4) is 6.07 Å². The minimum Gasteiger partial charge on any atom is -0.501 e.